The molecule has 0 fully saturated rings. The summed E-state index contributed by atoms with van der Waals surface area (Å²) < 4.78 is 33.6. The van der Waals surface area contributed by atoms with Crippen LogP contribution in [0.15, 0.2) is 0 Å². The van der Waals surface area contributed by atoms with Gasteiger partial charge in [0.1, 0.15) is 0 Å². The summed E-state index contributed by atoms with van der Waals surface area (Å²) in [6, 6.07) is 0. The molecule has 0 aromatic rings. The van der Waals surface area contributed by atoms with Crippen molar-refractivity contribution in [3.63, 3.8) is 0 Å². The van der Waals surface area contributed by atoms with E-state index in [1.165, 1.54) is 0 Å². The summed E-state index contributed by atoms with van der Waals surface area (Å²) in [7, 11) is -3.77. The van der Waals surface area contributed by atoms with Crippen molar-refractivity contribution in [3.8, 4) is 0 Å². The Kier molecular flexibility index (Phi) is 10.8. The van der Waals surface area contributed by atoms with E-state index in [9.17, 15) is 8.42 Å². The molecule has 0 aliphatic carbocycles. The SMILES string of the molecule is CCOCCCCS(=O)(=O)O.[Na]. The first-order chi connectivity index (χ1) is 5.06. The molecular weight excluding hydrogens is 191 g/mol. The molecule has 0 saturated carbocycles. The zero-order valence-electron chi connectivity index (χ0n) is 7.62. The van der Waals surface area contributed by atoms with Crippen LogP contribution in [0.5, 0.6) is 0 Å². The van der Waals surface area contributed by atoms with Gasteiger partial charge < -0.3 is 4.74 Å². The van der Waals surface area contributed by atoms with Crippen LogP contribution in [0.3, 0.4) is 0 Å². The molecule has 12 heavy (non-hydrogen) atoms. The monoisotopic (exact) mass is 205 g/mol. The third-order valence-electron chi connectivity index (χ3n) is 1.15. The van der Waals surface area contributed by atoms with Crippen LogP contribution in [0.25, 0.3) is 0 Å². The minimum atomic E-state index is -3.77. The van der Waals surface area contributed by atoms with Gasteiger partial charge in [-0.25, -0.2) is 0 Å². The molecule has 0 bridgehead atoms. The minimum absolute atomic E-state index is 0. The first kappa shape index (κ1) is 15.3. The number of rotatable bonds is 6. The maximum Gasteiger partial charge on any atom is 0.264 e. The normalized spacial score (nSPS) is 10.8. The van der Waals surface area contributed by atoms with E-state index in [1.54, 1.807) is 0 Å². The second kappa shape index (κ2) is 8.47. The summed E-state index contributed by atoms with van der Waals surface area (Å²) >= 11 is 0. The Morgan fingerprint density at radius 3 is 2.33 bits per heavy atom. The average molecular weight is 205 g/mol. The molecule has 0 amide bonds. The Bertz CT molecular complexity index is 178. The minimum Gasteiger partial charge on any atom is -0.382 e. The Hall–Kier alpha value is 0.870. The van der Waals surface area contributed by atoms with Crippen LogP contribution in [-0.4, -0.2) is 61.5 Å². The smallest absolute Gasteiger partial charge is 0.264 e. The largest absolute Gasteiger partial charge is 0.382 e. The molecule has 0 spiro atoms. The van der Waals surface area contributed by atoms with E-state index in [-0.39, 0.29) is 35.3 Å². The summed E-state index contributed by atoms with van der Waals surface area (Å²) in [6.07, 6.45) is 1.13. The molecule has 0 saturated heterocycles. The van der Waals surface area contributed by atoms with E-state index >= 15 is 0 Å². The number of ether oxygens (including phenoxy) is 1. The Morgan fingerprint density at radius 1 is 1.33 bits per heavy atom. The van der Waals surface area contributed by atoms with Crippen LogP contribution in [0.1, 0.15) is 19.8 Å². The van der Waals surface area contributed by atoms with E-state index in [0.717, 1.165) is 0 Å². The van der Waals surface area contributed by atoms with Crippen molar-refractivity contribution in [2.75, 3.05) is 19.0 Å². The standard InChI is InChI=1S/C6H14O4S.Na/c1-2-10-5-3-4-6-11(7,8)9;/h2-6H2,1H3,(H,7,8,9);. The second-order valence-electron chi connectivity index (χ2n) is 2.19. The van der Waals surface area contributed by atoms with Gasteiger partial charge in [-0.05, 0) is 19.8 Å². The van der Waals surface area contributed by atoms with Crippen molar-refractivity contribution < 1.29 is 17.7 Å². The van der Waals surface area contributed by atoms with Gasteiger partial charge in [0.2, 0.25) is 0 Å². The first-order valence-electron chi connectivity index (χ1n) is 3.59. The molecule has 6 heteroatoms. The van der Waals surface area contributed by atoms with Crippen molar-refractivity contribution >= 4 is 39.7 Å². The maximum atomic E-state index is 10.2. The van der Waals surface area contributed by atoms with Gasteiger partial charge >= 0.3 is 0 Å². The van der Waals surface area contributed by atoms with Crippen molar-refractivity contribution in [2.24, 2.45) is 0 Å². The number of hydrogen-bond donors (Lipinski definition) is 1. The maximum absolute atomic E-state index is 10.2. The topological polar surface area (TPSA) is 63.6 Å². The molecule has 1 N–H and O–H groups in total. The van der Waals surface area contributed by atoms with Crippen molar-refractivity contribution in [2.45, 2.75) is 19.8 Å². The van der Waals surface area contributed by atoms with Crippen LogP contribution >= 0.6 is 0 Å². The van der Waals surface area contributed by atoms with E-state index < -0.39 is 10.1 Å². The Balaban J connectivity index is 0. The molecule has 0 aromatic carbocycles. The fourth-order valence-corrected chi connectivity index (χ4v) is 1.20. The number of hydrogen-bond acceptors (Lipinski definition) is 3. The third kappa shape index (κ3) is 13.5. The molecule has 0 unspecified atom stereocenters. The van der Waals surface area contributed by atoms with Gasteiger partial charge in [-0.15, -0.1) is 0 Å². The van der Waals surface area contributed by atoms with Gasteiger partial charge in [0.05, 0.1) is 5.75 Å². The molecular formula is C6H14NaO4S. The van der Waals surface area contributed by atoms with Gasteiger partial charge in [-0.2, -0.15) is 8.42 Å². The fraction of sp³-hybridized carbons (Fsp3) is 1.00. The molecule has 0 rings (SSSR count). The van der Waals surface area contributed by atoms with E-state index in [4.69, 9.17) is 9.29 Å². The van der Waals surface area contributed by atoms with Crippen LogP contribution in [0.2, 0.25) is 0 Å². The second-order valence-corrected chi connectivity index (χ2v) is 3.76. The Labute approximate surface area is 95.7 Å². The number of unbranched alkanes of at least 4 members (excludes halogenated alkanes) is 1. The summed E-state index contributed by atoms with van der Waals surface area (Å²) in [5, 5.41) is 0. The Morgan fingerprint density at radius 2 is 1.92 bits per heavy atom. The quantitative estimate of drug-likeness (QED) is 0.385. The van der Waals surface area contributed by atoms with Gasteiger partial charge in [-0.1, -0.05) is 0 Å². The molecule has 4 nitrogen and oxygen atoms in total. The van der Waals surface area contributed by atoms with Gasteiger partial charge in [0, 0.05) is 42.8 Å². The summed E-state index contributed by atoms with van der Waals surface area (Å²) in [5.41, 5.74) is 0. The van der Waals surface area contributed by atoms with Crippen molar-refractivity contribution in [3.05, 3.63) is 0 Å². The summed E-state index contributed by atoms with van der Waals surface area (Å²) in [6.45, 7) is 3.08. The van der Waals surface area contributed by atoms with Crippen LogP contribution in [0.4, 0.5) is 0 Å². The molecule has 1 radical (unpaired) electrons. The van der Waals surface area contributed by atoms with E-state index in [0.29, 0.717) is 26.1 Å². The fourth-order valence-electron chi connectivity index (χ4n) is 0.633. The zero-order valence-corrected chi connectivity index (χ0v) is 10.4. The predicted molar refractivity (Wildman–Crippen MR) is 47.9 cm³/mol. The van der Waals surface area contributed by atoms with Gasteiger partial charge in [0.25, 0.3) is 10.1 Å². The van der Waals surface area contributed by atoms with Crippen LogP contribution < -0.4 is 0 Å². The summed E-state index contributed by atoms with van der Waals surface area (Å²) in [5.74, 6) is -0.167. The molecule has 69 valence electrons. The van der Waals surface area contributed by atoms with E-state index in [2.05, 4.69) is 0 Å². The van der Waals surface area contributed by atoms with Gasteiger partial charge in [-0.3, -0.25) is 4.55 Å². The van der Waals surface area contributed by atoms with Crippen LogP contribution in [0, 0.1) is 0 Å². The van der Waals surface area contributed by atoms with E-state index in [1.807, 2.05) is 6.92 Å². The molecule has 0 atom stereocenters. The molecule has 0 heterocycles. The summed E-state index contributed by atoms with van der Waals surface area (Å²) in [4.78, 5) is 0. The van der Waals surface area contributed by atoms with Crippen LogP contribution in [-0.2, 0) is 14.9 Å². The van der Waals surface area contributed by atoms with Crippen molar-refractivity contribution in [1.82, 2.24) is 0 Å². The first-order valence-corrected chi connectivity index (χ1v) is 5.20. The van der Waals surface area contributed by atoms with Gasteiger partial charge in [0.15, 0.2) is 0 Å². The predicted octanol–water partition coefficient (Wildman–Crippen LogP) is 0.310. The zero-order chi connectivity index (χ0) is 8.74. The molecule has 0 aliphatic heterocycles. The van der Waals surface area contributed by atoms with Crippen molar-refractivity contribution in [1.29, 1.82) is 0 Å². The third-order valence-corrected chi connectivity index (χ3v) is 1.95. The molecule has 0 aromatic heterocycles. The average Bonchev–Trinajstić information content (AvgIpc) is 1.85. The molecule has 0 aliphatic rings.